The third kappa shape index (κ3) is 3.72. The average molecular weight is 323 g/mol. The van der Waals surface area contributed by atoms with Crippen LogP contribution in [-0.2, 0) is 10.2 Å². The maximum absolute atomic E-state index is 11.8. The number of ether oxygens (including phenoxy) is 1. The van der Waals surface area contributed by atoms with Crippen LogP contribution in [0.5, 0.6) is 0 Å². The van der Waals surface area contributed by atoms with Crippen molar-refractivity contribution in [2.75, 3.05) is 20.2 Å². The Bertz CT molecular complexity index is 656. The molecule has 0 fully saturated rings. The van der Waals surface area contributed by atoms with E-state index in [-0.39, 0.29) is 0 Å². The van der Waals surface area contributed by atoms with E-state index in [2.05, 4.69) is 11.1 Å². The van der Waals surface area contributed by atoms with Crippen LogP contribution in [0.25, 0.3) is 0 Å². The summed E-state index contributed by atoms with van der Waals surface area (Å²) < 4.78 is 5.00. The topological polar surface area (TPSA) is 66.2 Å². The van der Waals surface area contributed by atoms with Crippen LogP contribution in [-0.4, -0.2) is 36.2 Å². The summed E-state index contributed by atoms with van der Waals surface area (Å²) in [4.78, 5) is 17.7. The number of nitriles is 1. The number of carbonyl (C=O) groups excluding carboxylic acids is 1. The van der Waals surface area contributed by atoms with Crippen molar-refractivity contribution in [1.29, 1.82) is 5.26 Å². The molecule has 0 radical (unpaired) electrons. The normalized spacial score (nSPS) is 12.7. The summed E-state index contributed by atoms with van der Waals surface area (Å²) in [6.45, 7) is 2.48. The lowest BCUT2D eigenvalue weighted by atomic mass is 9.75. The van der Waals surface area contributed by atoms with E-state index >= 15 is 0 Å². The Labute approximate surface area is 142 Å². The molecule has 0 aliphatic carbocycles. The van der Waals surface area contributed by atoms with Gasteiger partial charge in [-0.1, -0.05) is 36.4 Å². The molecule has 0 N–H and O–H groups in total. The fourth-order valence-corrected chi connectivity index (χ4v) is 2.60. The predicted molar refractivity (Wildman–Crippen MR) is 91.3 cm³/mol. The van der Waals surface area contributed by atoms with Gasteiger partial charge in [0, 0.05) is 19.8 Å². The minimum absolute atomic E-state index is 0.325. The number of benzene rings is 1. The van der Waals surface area contributed by atoms with Gasteiger partial charge in [-0.2, -0.15) is 5.26 Å². The minimum Gasteiger partial charge on any atom is -0.450 e. The Morgan fingerprint density at radius 1 is 1.25 bits per heavy atom. The Morgan fingerprint density at radius 3 is 2.54 bits per heavy atom. The predicted octanol–water partition coefficient (Wildman–Crippen LogP) is 3.37. The molecule has 5 nitrogen and oxygen atoms in total. The number of aromatic nitrogens is 1. The standard InChI is InChI=1S/C19H21N3O2/c1-3-24-18(23)22(2)14-12-19(15-20,16-9-5-4-6-10-16)17-11-7-8-13-21-17/h4-11,13H,3,12,14H2,1-2H3. The summed E-state index contributed by atoms with van der Waals surface area (Å²) in [5.41, 5.74) is 0.628. The maximum Gasteiger partial charge on any atom is 0.409 e. The lowest BCUT2D eigenvalue weighted by Crippen LogP contribution is -2.35. The van der Waals surface area contributed by atoms with Crippen molar-refractivity contribution in [1.82, 2.24) is 9.88 Å². The van der Waals surface area contributed by atoms with Crippen LogP contribution < -0.4 is 0 Å². The molecule has 0 aliphatic heterocycles. The Balaban J connectivity index is 2.34. The summed E-state index contributed by atoms with van der Waals surface area (Å²) >= 11 is 0. The largest absolute Gasteiger partial charge is 0.450 e. The number of hydrogen-bond acceptors (Lipinski definition) is 4. The van der Waals surface area contributed by atoms with Crippen LogP contribution in [0.3, 0.4) is 0 Å². The number of amides is 1. The lowest BCUT2D eigenvalue weighted by Gasteiger charge is -2.28. The van der Waals surface area contributed by atoms with E-state index in [1.54, 1.807) is 20.2 Å². The second-order valence-corrected chi connectivity index (χ2v) is 5.47. The minimum atomic E-state index is -0.913. The third-order valence-corrected chi connectivity index (χ3v) is 3.96. The van der Waals surface area contributed by atoms with Gasteiger partial charge >= 0.3 is 6.09 Å². The van der Waals surface area contributed by atoms with Gasteiger partial charge in [0.1, 0.15) is 5.41 Å². The molecule has 1 atom stereocenters. The number of rotatable bonds is 6. The lowest BCUT2D eigenvalue weighted by molar-refractivity contribution is 0.114. The molecule has 0 spiro atoms. The van der Waals surface area contributed by atoms with E-state index in [9.17, 15) is 10.1 Å². The molecule has 24 heavy (non-hydrogen) atoms. The first kappa shape index (κ1) is 17.5. The van der Waals surface area contributed by atoms with Gasteiger partial charge in [0.25, 0.3) is 0 Å². The van der Waals surface area contributed by atoms with Crippen molar-refractivity contribution in [3.63, 3.8) is 0 Å². The molecule has 0 saturated carbocycles. The molecular weight excluding hydrogens is 302 g/mol. The van der Waals surface area contributed by atoms with Crippen LogP contribution >= 0.6 is 0 Å². The molecule has 5 heteroatoms. The van der Waals surface area contributed by atoms with Gasteiger partial charge in [-0.05, 0) is 31.0 Å². The van der Waals surface area contributed by atoms with E-state index in [1.165, 1.54) is 4.90 Å². The highest BCUT2D eigenvalue weighted by Gasteiger charge is 2.36. The van der Waals surface area contributed by atoms with E-state index in [0.29, 0.717) is 25.3 Å². The van der Waals surface area contributed by atoms with Gasteiger partial charge < -0.3 is 9.64 Å². The molecule has 0 aliphatic rings. The fourth-order valence-electron chi connectivity index (χ4n) is 2.60. The maximum atomic E-state index is 11.8. The van der Waals surface area contributed by atoms with Gasteiger partial charge in [0.2, 0.25) is 0 Å². The molecule has 124 valence electrons. The summed E-state index contributed by atoms with van der Waals surface area (Å²) in [5.74, 6) is 0. The van der Waals surface area contributed by atoms with E-state index in [0.717, 1.165) is 5.56 Å². The Morgan fingerprint density at radius 2 is 1.96 bits per heavy atom. The van der Waals surface area contributed by atoms with Crippen LogP contribution in [0.2, 0.25) is 0 Å². The van der Waals surface area contributed by atoms with Gasteiger partial charge in [0.15, 0.2) is 0 Å². The summed E-state index contributed by atoms with van der Waals surface area (Å²) in [6, 6.07) is 17.5. The van der Waals surface area contributed by atoms with Gasteiger partial charge in [-0.3, -0.25) is 4.98 Å². The van der Waals surface area contributed by atoms with Crippen molar-refractivity contribution in [3.05, 3.63) is 66.0 Å². The molecule has 0 bridgehead atoms. The van der Waals surface area contributed by atoms with Crippen molar-refractivity contribution in [2.24, 2.45) is 0 Å². The number of pyridine rings is 1. The molecule has 1 amide bonds. The number of hydrogen-bond donors (Lipinski definition) is 0. The van der Waals surface area contributed by atoms with Gasteiger partial charge in [-0.15, -0.1) is 0 Å². The Hall–Kier alpha value is -2.87. The number of nitrogens with zero attached hydrogens (tertiary/aromatic N) is 3. The van der Waals surface area contributed by atoms with E-state index in [1.807, 2.05) is 48.5 Å². The monoisotopic (exact) mass is 323 g/mol. The van der Waals surface area contributed by atoms with Crippen LogP contribution in [0.15, 0.2) is 54.7 Å². The molecule has 1 aromatic heterocycles. The highest BCUT2D eigenvalue weighted by Crippen LogP contribution is 2.34. The third-order valence-electron chi connectivity index (χ3n) is 3.96. The van der Waals surface area contributed by atoms with Crippen LogP contribution in [0, 0.1) is 11.3 Å². The molecule has 1 heterocycles. The molecule has 2 aromatic rings. The summed E-state index contributed by atoms with van der Waals surface area (Å²) in [7, 11) is 1.67. The SMILES string of the molecule is CCOC(=O)N(C)CCC(C#N)(c1ccccc1)c1ccccn1. The molecule has 1 unspecified atom stereocenters. The first-order chi connectivity index (χ1) is 11.6. The van der Waals surface area contributed by atoms with Crippen molar-refractivity contribution in [2.45, 2.75) is 18.8 Å². The van der Waals surface area contributed by atoms with Crippen LogP contribution in [0.4, 0.5) is 4.79 Å². The second kappa shape index (κ2) is 8.11. The van der Waals surface area contributed by atoms with Crippen LogP contribution in [0.1, 0.15) is 24.6 Å². The Kier molecular flexibility index (Phi) is 5.91. The highest BCUT2D eigenvalue weighted by molar-refractivity contribution is 5.67. The smallest absolute Gasteiger partial charge is 0.409 e. The van der Waals surface area contributed by atoms with Gasteiger partial charge in [0.05, 0.1) is 18.4 Å². The van der Waals surface area contributed by atoms with Crippen molar-refractivity contribution >= 4 is 6.09 Å². The first-order valence-electron chi connectivity index (χ1n) is 7.90. The van der Waals surface area contributed by atoms with E-state index in [4.69, 9.17) is 4.74 Å². The highest BCUT2D eigenvalue weighted by atomic mass is 16.5. The summed E-state index contributed by atoms with van der Waals surface area (Å²) in [6.07, 6.45) is 1.72. The number of carbonyl (C=O) groups is 1. The molecule has 0 saturated heterocycles. The average Bonchev–Trinajstić information content (AvgIpc) is 2.64. The van der Waals surface area contributed by atoms with Gasteiger partial charge in [-0.25, -0.2) is 4.79 Å². The zero-order chi connectivity index (χ0) is 17.4. The zero-order valence-electron chi connectivity index (χ0n) is 14.0. The first-order valence-corrected chi connectivity index (χ1v) is 7.90. The quantitative estimate of drug-likeness (QED) is 0.817. The molecular formula is C19H21N3O2. The molecule has 1 aromatic carbocycles. The second-order valence-electron chi connectivity index (χ2n) is 5.47. The fraction of sp³-hybridized carbons (Fsp3) is 0.316. The summed E-state index contributed by atoms with van der Waals surface area (Å²) in [5, 5.41) is 10.0. The van der Waals surface area contributed by atoms with Crippen molar-refractivity contribution < 1.29 is 9.53 Å². The van der Waals surface area contributed by atoms with E-state index < -0.39 is 11.5 Å². The zero-order valence-corrected chi connectivity index (χ0v) is 14.0. The van der Waals surface area contributed by atoms with Crippen molar-refractivity contribution in [3.8, 4) is 6.07 Å². The molecule has 2 rings (SSSR count).